The van der Waals surface area contributed by atoms with E-state index in [9.17, 15) is 4.79 Å². The van der Waals surface area contributed by atoms with E-state index in [1.54, 1.807) is 12.3 Å². The predicted octanol–water partition coefficient (Wildman–Crippen LogP) is 3.90. The molecule has 1 atom stereocenters. The first-order chi connectivity index (χ1) is 14.4. The van der Waals surface area contributed by atoms with E-state index in [1.807, 2.05) is 6.07 Å². The molecule has 160 valence electrons. The highest BCUT2D eigenvalue weighted by atomic mass is 16.5. The van der Waals surface area contributed by atoms with E-state index in [2.05, 4.69) is 54.6 Å². The summed E-state index contributed by atoms with van der Waals surface area (Å²) in [6, 6.07) is 10.4. The Bertz CT molecular complexity index is 882. The number of carbonyl (C=O) groups excluding carboxylic acids is 1. The summed E-state index contributed by atoms with van der Waals surface area (Å²) in [7, 11) is 0. The Morgan fingerprint density at radius 3 is 2.63 bits per heavy atom. The van der Waals surface area contributed by atoms with Crippen molar-refractivity contribution in [2.75, 3.05) is 13.2 Å². The fourth-order valence-electron chi connectivity index (χ4n) is 3.82. The molecule has 0 saturated heterocycles. The van der Waals surface area contributed by atoms with Crippen LogP contribution in [0, 0.1) is 11.3 Å². The van der Waals surface area contributed by atoms with Crippen molar-refractivity contribution >= 4 is 5.91 Å². The Hall–Kier alpha value is -2.40. The molecule has 1 fully saturated rings. The largest absolute Gasteiger partial charge is 0.492 e. The summed E-state index contributed by atoms with van der Waals surface area (Å²) in [6.45, 7) is 9.32. The van der Waals surface area contributed by atoms with Crippen LogP contribution in [0.2, 0.25) is 0 Å². The van der Waals surface area contributed by atoms with Crippen LogP contribution in [-0.4, -0.2) is 30.1 Å². The van der Waals surface area contributed by atoms with Gasteiger partial charge in [-0.1, -0.05) is 39.0 Å². The van der Waals surface area contributed by atoms with Gasteiger partial charge in [0.1, 0.15) is 11.4 Å². The van der Waals surface area contributed by atoms with Crippen LogP contribution in [0.3, 0.4) is 0 Å². The van der Waals surface area contributed by atoms with Crippen LogP contribution in [0.15, 0.2) is 36.5 Å². The molecule has 1 heterocycles. The number of hydrogen-bond acceptors (Lipinski definition) is 4. The molecule has 1 amide bonds. The first-order valence-corrected chi connectivity index (χ1v) is 11.1. The van der Waals surface area contributed by atoms with Crippen molar-refractivity contribution in [2.24, 2.45) is 11.3 Å². The summed E-state index contributed by atoms with van der Waals surface area (Å²) < 4.78 is 5.70. The molecule has 1 unspecified atom stereocenters. The van der Waals surface area contributed by atoms with Crippen LogP contribution >= 0.6 is 0 Å². The van der Waals surface area contributed by atoms with Crippen molar-refractivity contribution in [1.29, 1.82) is 0 Å². The minimum Gasteiger partial charge on any atom is -0.492 e. The molecular formula is C25H33N3O2. The van der Waals surface area contributed by atoms with Crippen LogP contribution in [0.5, 0.6) is 5.75 Å². The lowest BCUT2D eigenvalue weighted by atomic mass is 9.97. The van der Waals surface area contributed by atoms with E-state index < -0.39 is 0 Å². The highest BCUT2D eigenvalue weighted by Crippen LogP contribution is 2.29. The molecule has 2 aromatic rings. The van der Waals surface area contributed by atoms with Gasteiger partial charge >= 0.3 is 0 Å². The molecule has 5 nitrogen and oxygen atoms in total. The summed E-state index contributed by atoms with van der Waals surface area (Å²) in [6.07, 6.45) is 5.91. The van der Waals surface area contributed by atoms with Crippen LogP contribution in [0.4, 0.5) is 0 Å². The number of fused-ring (bicyclic) bond motifs is 1. The number of amides is 1. The topological polar surface area (TPSA) is 63.2 Å². The van der Waals surface area contributed by atoms with Gasteiger partial charge < -0.3 is 15.4 Å². The number of hydrogen-bond donors (Lipinski definition) is 2. The maximum atomic E-state index is 12.6. The second-order valence-corrected chi connectivity index (χ2v) is 9.98. The Kier molecular flexibility index (Phi) is 6.09. The molecule has 1 saturated carbocycles. The number of carbonyl (C=O) groups is 1. The maximum absolute atomic E-state index is 12.6. The number of rotatable bonds is 8. The van der Waals surface area contributed by atoms with Gasteiger partial charge in [0.2, 0.25) is 0 Å². The van der Waals surface area contributed by atoms with E-state index in [4.69, 9.17) is 4.74 Å². The zero-order valence-corrected chi connectivity index (χ0v) is 18.3. The minimum absolute atomic E-state index is 0.117. The molecule has 1 aromatic heterocycles. The molecule has 4 rings (SSSR count). The van der Waals surface area contributed by atoms with Crippen LogP contribution in [0.25, 0.3) is 0 Å². The third kappa shape index (κ3) is 5.82. The van der Waals surface area contributed by atoms with Gasteiger partial charge in [-0.25, -0.2) is 4.98 Å². The van der Waals surface area contributed by atoms with Gasteiger partial charge in [0.25, 0.3) is 5.91 Å². The summed E-state index contributed by atoms with van der Waals surface area (Å²) in [5, 5.41) is 6.68. The second-order valence-electron chi connectivity index (χ2n) is 9.98. The molecule has 30 heavy (non-hydrogen) atoms. The number of nitrogens with one attached hydrogen (secondary N) is 2. The summed E-state index contributed by atoms with van der Waals surface area (Å²) in [5.41, 5.74) is 4.69. The van der Waals surface area contributed by atoms with Gasteiger partial charge in [-0.2, -0.15) is 0 Å². The number of pyridine rings is 1. The average molecular weight is 408 g/mol. The molecule has 1 aromatic carbocycles. The lowest BCUT2D eigenvalue weighted by Crippen LogP contribution is -2.35. The standard InChI is InChI=1S/C25H33N3O2/c1-25(2,3)16-26-13-18-6-7-19-11-21(12-20(19)10-18)28-24(29)23-9-8-22(14-27-23)30-15-17-4-5-17/h6-10,14,17,21,26H,4-5,11-13,15-16H2,1-3H3,(H,28,29). The second kappa shape index (κ2) is 8.76. The average Bonchev–Trinajstić information content (AvgIpc) is 3.44. The van der Waals surface area contributed by atoms with E-state index in [-0.39, 0.29) is 17.4 Å². The van der Waals surface area contributed by atoms with Crippen molar-refractivity contribution in [2.45, 2.75) is 59.0 Å². The zero-order chi connectivity index (χ0) is 21.1. The lowest BCUT2D eigenvalue weighted by molar-refractivity contribution is 0.0933. The first kappa shape index (κ1) is 20.9. The Morgan fingerprint density at radius 2 is 1.93 bits per heavy atom. The Labute approximate surface area is 179 Å². The molecule has 0 aliphatic heterocycles. The Balaban J connectivity index is 1.28. The molecular weight excluding hydrogens is 374 g/mol. The monoisotopic (exact) mass is 407 g/mol. The number of aromatic nitrogens is 1. The van der Waals surface area contributed by atoms with Gasteiger partial charge in [-0.05, 0) is 65.8 Å². The predicted molar refractivity (Wildman–Crippen MR) is 119 cm³/mol. The molecule has 2 aliphatic carbocycles. The minimum atomic E-state index is -0.117. The van der Waals surface area contributed by atoms with Gasteiger partial charge in [-0.15, -0.1) is 0 Å². The zero-order valence-electron chi connectivity index (χ0n) is 18.3. The Morgan fingerprint density at radius 1 is 1.13 bits per heavy atom. The van der Waals surface area contributed by atoms with Gasteiger partial charge in [0.05, 0.1) is 12.8 Å². The van der Waals surface area contributed by atoms with Gasteiger partial charge in [0.15, 0.2) is 0 Å². The fraction of sp³-hybridized carbons (Fsp3) is 0.520. The van der Waals surface area contributed by atoms with Crippen molar-refractivity contribution in [3.63, 3.8) is 0 Å². The van der Waals surface area contributed by atoms with Crippen LogP contribution in [0.1, 0.15) is 60.8 Å². The highest BCUT2D eigenvalue weighted by Gasteiger charge is 2.24. The molecule has 0 spiro atoms. The van der Waals surface area contributed by atoms with E-state index >= 15 is 0 Å². The normalized spacial score (nSPS) is 18.2. The van der Waals surface area contributed by atoms with Gasteiger partial charge in [0, 0.05) is 19.1 Å². The van der Waals surface area contributed by atoms with Crippen molar-refractivity contribution in [3.8, 4) is 5.75 Å². The summed E-state index contributed by atoms with van der Waals surface area (Å²) >= 11 is 0. The number of benzene rings is 1. The van der Waals surface area contributed by atoms with E-state index in [0.29, 0.717) is 11.6 Å². The third-order valence-corrected chi connectivity index (χ3v) is 5.67. The van der Waals surface area contributed by atoms with Crippen molar-refractivity contribution in [3.05, 3.63) is 58.9 Å². The molecule has 2 aliphatic rings. The van der Waals surface area contributed by atoms with Crippen LogP contribution < -0.4 is 15.4 Å². The van der Waals surface area contributed by atoms with Crippen LogP contribution in [-0.2, 0) is 19.4 Å². The van der Waals surface area contributed by atoms with E-state index in [0.717, 1.165) is 38.3 Å². The maximum Gasteiger partial charge on any atom is 0.270 e. The summed E-state index contributed by atoms with van der Waals surface area (Å²) in [4.78, 5) is 16.9. The van der Waals surface area contributed by atoms with Crippen molar-refractivity contribution < 1.29 is 9.53 Å². The highest BCUT2D eigenvalue weighted by molar-refractivity contribution is 5.92. The van der Waals surface area contributed by atoms with Gasteiger partial charge in [-0.3, -0.25) is 4.79 Å². The fourth-order valence-corrected chi connectivity index (χ4v) is 3.82. The molecule has 0 radical (unpaired) electrons. The molecule has 2 N–H and O–H groups in total. The quantitative estimate of drug-likeness (QED) is 0.697. The third-order valence-electron chi connectivity index (χ3n) is 5.67. The summed E-state index contributed by atoms with van der Waals surface area (Å²) in [5.74, 6) is 1.32. The molecule has 0 bridgehead atoms. The SMILES string of the molecule is CC(C)(C)CNCc1ccc2c(c1)CC(NC(=O)c1ccc(OCC3CC3)cn1)C2. The smallest absolute Gasteiger partial charge is 0.270 e. The lowest BCUT2D eigenvalue weighted by Gasteiger charge is -2.19. The number of nitrogens with zero attached hydrogens (tertiary/aromatic N) is 1. The number of ether oxygens (including phenoxy) is 1. The first-order valence-electron chi connectivity index (χ1n) is 11.1. The van der Waals surface area contributed by atoms with E-state index in [1.165, 1.54) is 29.5 Å². The molecule has 5 heteroatoms. The van der Waals surface area contributed by atoms with Crippen molar-refractivity contribution in [1.82, 2.24) is 15.6 Å².